The third-order valence-corrected chi connectivity index (χ3v) is 4.58. The summed E-state index contributed by atoms with van der Waals surface area (Å²) in [5, 5.41) is 10.4. The van der Waals surface area contributed by atoms with Gasteiger partial charge in [-0.25, -0.2) is 0 Å². The molecule has 3 rings (SSSR count). The van der Waals surface area contributed by atoms with Crippen molar-refractivity contribution < 1.29 is 14.3 Å². The van der Waals surface area contributed by atoms with Crippen molar-refractivity contribution in [1.29, 1.82) is 0 Å². The fourth-order valence-corrected chi connectivity index (χ4v) is 3.34. The zero-order valence-electron chi connectivity index (χ0n) is 13.5. The van der Waals surface area contributed by atoms with Crippen LogP contribution in [0.1, 0.15) is 54.3 Å². The first-order valence-corrected chi connectivity index (χ1v) is 8.29. The minimum Gasteiger partial charge on any atom is -0.467 e. The number of carbonyl (C=O) groups is 1. The molecule has 0 aliphatic carbocycles. The topological polar surface area (TPSA) is 58.6 Å². The Balaban J connectivity index is 1.75. The van der Waals surface area contributed by atoms with E-state index >= 15 is 0 Å². The Kier molecular flexibility index (Phi) is 4.86. The summed E-state index contributed by atoms with van der Waals surface area (Å²) in [5.74, 6) is 0.630. The molecule has 1 amide bonds. The Bertz CT molecular complexity index is 632. The number of hydrogen-bond donors (Lipinski definition) is 1. The number of aliphatic hydroxyl groups is 1. The lowest BCUT2D eigenvalue weighted by atomic mass is 10.0. The highest BCUT2D eigenvalue weighted by atomic mass is 16.4. The first-order valence-electron chi connectivity index (χ1n) is 8.29. The normalized spacial score (nSPS) is 20.3. The van der Waals surface area contributed by atoms with Gasteiger partial charge in [0, 0.05) is 38.4 Å². The van der Waals surface area contributed by atoms with Crippen LogP contribution < -0.4 is 0 Å². The summed E-state index contributed by atoms with van der Waals surface area (Å²) in [6.07, 6.45) is 9.33. The molecule has 0 spiro atoms. The number of rotatable bonds is 4. The zero-order valence-corrected chi connectivity index (χ0v) is 13.5. The molecule has 0 bridgehead atoms. The maximum absolute atomic E-state index is 12.9. The van der Waals surface area contributed by atoms with Gasteiger partial charge >= 0.3 is 0 Å². The number of hydrogen-bond acceptors (Lipinski definition) is 3. The number of carbonyl (C=O) groups excluding carboxylic acids is 1. The van der Waals surface area contributed by atoms with Crippen LogP contribution >= 0.6 is 0 Å². The van der Waals surface area contributed by atoms with Gasteiger partial charge < -0.3 is 19.0 Å². The van der Waals surface area contributed by atoms with Crippen LogP contribution in [0.5, 0.6) is 0 Å². The van der Waals surface area contributed by atoms with Crippen LogP contribution in [0.2, 0.25) is 0 Å². The lowest BCUT2D eigenvalue weighted by Crippen LogP contribution is -2.40. The first-order chi connectivity index (χ1) is 11.1. The second-order valence-electron chi connectivity index (χ2n) is 6.33. The van der Waals surface area contributed by atoms with E-state index in [1.165, 1.54) is 0 Å². The molecule has 2 aromatic rings. The Morgan fingerprint density at radius 2 is 2.26 bits per heavy atom. The number of aliphatic hydroxyl groups excluding tert-OH is 1. The Labute approximate surface area is 136 Å². The van der Waals surface area contributed by atoms with Gasteiger partial charge in [0.2, 0.25) is 0 Å². The number of nitrogens with zero attached hydrogens (tertiary/aromatic N) is 2. The molecule has 0 radical (unpaired) electrons. The van der Waals surface area contributed by atoms with Crippen molar-refractivity contribution in [1.82, 2.24) is 9.47 Å². The van der Waals surface area contributed by atoms with Crippen molar-refractivity contribution in [3.63, 3.8) is 0 Å². The van der Waals surface area contributed by atoms with Crippen LogP contribution in [0.25, 0.3) is 0 Å². The summed E-state index contributed by atoms with van der Waals surface area (Å²) >= 11 is 0. The van der Waals surface area contributed by atoms with E-state index in [-0.39, 0.29) is 11.9 Å². The smallest absolute Gasteiger partial charge is 0.255 e. The largest absolute Gasteiger partial charge is 0.467 e. The molecule has 1 fully saturated rings. The maximum Gasteiger partial charge on any atom is 0.255 e. The minimum absolute atomic E-state index is 0.0466. The van der Waals surface area contributed by atoms with Crippen molar-refractivity contribution in [2.45, 2.75) is 44.2 Å². The molecule has 5 nitrogen and oxygen atoms in total. The van der Waals surface area contributed by atoms with Gasteiger partial charge in [-0.3, -0.25) is 4.79 Å². The van der Waals surface area contributed by atoms with Crippen LogP contribution in [-0.2, 0) is 7.05 Å². The highest BCUT2D eigenvalue weighted by Crippen LogP contribution is 2.27. The highest BCUT2D eigenvalue weighted by molar-refractivity contribution is 5.94. The number of amides is 1. The second-order valence-corrected chi connectivity index (χ2v) is 6.33. The van der Waals surface area contributed by atoms with Crippen LogP contribution in [0.15, 0.2) is 41.3 Å². The van der Waals surface area contributed by atoms with Crippen LogP contribution in [-0.4, -0.2) is 33.1 Å². The molecule has 5 heteroatoms. The molecule has 3 heterocycles. The summed E-state index contributed by atoms with van der Waals surface area (Å²) in [7, 11) is 1.91. The van der Waals surface area contributed by atoms with Gasteiger partial charge in [-0.1, -0.05) is 12.8 Å². The SMILES string of the molecule is Cn1ccc(C(=O)N2CCCCC[C@H]2C[C@H](O)c2ccco2)c1. The van der Waals surface area contributed by atoms with E-state index in [1.807, 2.05) is 35.0 Å². The molecular formula is C18H24N2O3. The summed E-state index contributed by atoms with van der Waals surface area (Å²) < 4.78 is 7.18. The van der Waals surface area contributed by atoms with Crippen LogP contribution in [0.3, 0.4) is 0 Å². The maximum atomic E-state index is 12.9. The molecule has 124 valence electrons. The number of furan rings is 1. The van der Waals surface area contributed by atoms with E-state index in [1.54, 1.807) is 18.4 Å². The molecule has 1 saturated heterocycles. The molecule has 2 atom stereocenters. The van der Waals surface area contributed by atoms with Gasteiger partial charge in [0.25, 0.3) is 5.91 Å². The van der Waals surface area contributed by atoms with Crippen LogP contribution in [0.4, 0.5) is 0 Å². The molecule has 1 aliphatic heterocycles. The summed E-state index contributed by atoms with van der Waals surface area (Å²) in [5.41, 5.74) is 0.715. The van der Waals surface area contributed by atoms with E-state index in [0.717, 1.165) is 32.2 Å². The lowest BCUT2D eigenvalue weighted by Gasteiger charge is -2.31. The van der Waals surface area contributed by atoms with Gasteiger partial charge in [-0.05, 0) is 31.0 Å². The predicted octanol–water partition coefficient (Wildman–Crippen LogP) is 3.13. The number of likely N-dealkylation sites (tertiary alicyclic amines) is 1. The molecule has 23 heavy (non-hydrogen) atoms. The third kappa shape index (κ3) is 3.67. The monoisotopic (exact) mass is 316 g/mol. The number of aryl methyl sites for hydroxylation is 1. The lowest BCUT2D eigenvalue weighted by molar-refractivity contribution is 0.0557. The van der Waals surface area contributed by atoms with Crippen molar-refractivity contribution in [3.05, 3.63) is 48.2 Å². The van der Waals surface area contributed by atoms with Crippen LogP contribution in [0, 0.1) is 0 Å². The van der Waals surface area contributed by atoms with E-state index in [2.05, 4.69) is 0 Å². The van der Waals surface area contributed by atoms with Crippen molar-refractivity contribution in [2.24, 2.45) is 7.05 Å². The summed E-state index contributed by atoms with van der Waals surface area (Å²) in [6.45, 7) is 0.753. The summed E-state index contributed by atoms with van der Waals surface area (Å²) in [4.78, 5) is 14.8. The molecule has 0 unspecified atom stereocenters. The Morgan fingerprint density at radius 1 is 1.39 bits per heavy atom. The highest BCUT2D eigenvalue weighted by Gasteiger charge is 2.29. The fraction of sp³-hybridized carbons (Fsp3) is 0.500. The summed E-state index contributed by atoms with van der Waals surface area (Å²) in [6, 6.07) is 5.46. The van der Waals surface area contributed by atoms with E-state index in [9.17, 15) is 9.90 Å². The molecule has 2 aromatic heterocycles. The average molecular weight is 316 g/mol. The second kappa shape index (κ2) is 7.04. The molecular weight excluding hydrogens is 292 g/mol. The predicted molar refractivity (Wildman–Crippen MR) is 87.0 cm³/mol. The molecule has 0 aromatic carbocycles. The zero-order chi connectivity index (χ0) is 16.2. The molecule has 1 aliphatic rings. The molecule has 1 N–H and O–H groups in total. The average Bonchev–Trinajstić information content (AvgIpc) is 3.16. The van der Waals surface area contributed by atoms with Crippen molar-refractivity contribution >= 4 is 5.91 Å². The Morgan fingerprint density at radius 3 is 2.96 bits per heavy atom. The van der Waals surface area contributed by atoms with Gasteiger partial charge in [0.05, 0.1) is 11.8 Å². The third-order valence-electron chi connectivity index (χ3n) is 4.58. The van der Waals surface area contributed by atoms with Gasteiger partial charge in [-0.2, -0.15) is 0 Å². The minimum atomic E-state index is -0.667. The molecule has 0 saturated carbocycles. The van der Waals surface area contributed by atoms with Gasteiger partial charge in [-0.15, -0.1) is 0 Å². The first kappa shape index (κ1) is 15.9. The van der Waals surface area contributed by atoms with Gasteiger partial charge in [0.15, 0.2) is 0 Å². The van der Waals surface area contributed by atoms with E-state index < -0.39 is 6.10 Å². The number of aromatic nitrogens is 1. The van der Waals surface area contributed by atoms with Crippen molar-refractivity contribution in [3.8, 4) is 0 Å². The van der Waals surface area contributed by atoms with E-state index in [0.29, 0.717) is 17.7 Å². The van der Waals surface area contributed by atoms with Gasteiger partial charge in [0.1, 0.15) is 11.9 Å². The standard InChI is InChI=1S/C18H24N2O3/c1-19-10-8-14(13-19)18(22)20-9-4-2-3-6-15(20)12-16(21)17-7-5-11-23-17/h5,7-8,10-11,13,15-16,21H,2-4,6,9,12H2,1H3/t15-,16-/m0/s1. The Hall–Kier alpha value is -2.01. The van der Waals surface area contributed by atoms with Crippen molar-refractivity contribution in [2.75, 3.05) is 6.54 Å². The fourth-order valence-electron chi connectivity index (χ4n) is 3.34. The van der Waals surface area contributed by atoms with E-state index in [4.69, 9.17) is 4.42 Å². The quantitative estimate of drug-likeness (QED) is 0.943.